The van der Waals surface area contributed by atoms with Gasteiger partial charge < -0.3 is 14.8 Å². The van der Waals surface area contributed by atoms with Crippen molar-refractivity contribution >= 4 is 45.9 Å². The van der Waals surface area contributed by atoms with E-state index in [0.29, 0.717) is 16.2 Å². The smallest absolute Gasteiger partial charge is 0.348 e. The second-order valence-electron chi connectivity index (χ2n) is 8.01. The van der Waals surface area contributed by atoms with Gasteiger partial charge in [-0.05, 0) is 63.6 Å². The molecule has 1 amide bonds. The molecule has 0 aromatic carbocycles. The number of pyridine rings is 1. The summed E-state index contributed by atoms with van der Waals surface area (Å²) in [5.74, 6) is -1.56. The van der Waals surface area contributed by atoms with E-state index < -0.39 is 11.9 Å². The third kappa shape index (κ3) is 6.61. The quantitative estimate of drug-likeness (QED) is 0.382. The van der Waals surface area contributed by atoms with Crippen LogP contribution in [0.4, 0.5) is 5.00 Å². The molecule has 2 aromatic rings. The average Bonchev–Trinajstić information content (AvgIpc) is 3.14. The molecular weight excluding hydrogens is 486 g/mol. The normalized spacial score (nSPS) is 13.1. The monoisotopic (exact) mass is 515 g/mol. The molecule has 10 heteroatoms. The Balaban J connectivity index is 1.79. The van der Waals surface area contributed by atoms with E-state index in [0.717, 1.165) is 48.3 Å². The van der Waals surface area contributed by atoms with Crippen molar-refractivity contribution < 1.29 is 23.9 Å². The van der Waals surface area contributed by atoms with Crippen molar-refractivity contribution in [2.45, 2.75) is 64.3 Å². The van der Waals surface area contributed by atoms with Gasteiger partial charge in [0.05, 0.1) is 30.1 Å². The van der Waals surface area contributed by atoms with Gasteiger partial charge >= 0.3 is 11.9 Å². The number of aromatic nitrogens is 1. The van der Waals surface area contributed by atoms with Gasteiger partial charge in [-0.25, -0.2) is 14.6 Å². The number of anilines is 1. The number of ether oxygens (including phenoxy) is 2. The Labute approximate surface area is 213 Å². The summed E-state index contributed by atoms with van der Waals surface area (Å²) in [4.78, 5) is 42.7. The van der Waals surface area contributed by atoms with Gasteiger partial charge in [-0.2, -0.15) is 5.26 Å². The van der Waals surface area contributed by atoms with Crippen molar-refractivity contribution in [3.05, 3.63) is 38.9 Å². The molecule has 0 bridgehead atoms. The highest BCUT2D eigenvalue weighted by Gasteiger charge is 2.27. The molecule has 0 radical (unpaired) electrons. The molecule has 1 N–H and O–H groups in total. The van der Waals surface area contributed by atoms with Crippen LogP contribution in [0.1, 0.15) is 81.9 Å². The van der Waals surface area contributed by atoms with E-state index in [4.69, 9.17) is 14.5 Å². The molecule has 0 saturated carbocycles. The first-order chi connectivity index (χ1) is 16.9. The number of thiophene rings is 1. The highest BCUT2D eigenvalue weighted by molar-refractivity contribution is 8.00. The van der Waals surface area contributed by atoms with E-state index in [1.54, 1.807) is 20.8 Å². The number of nitrogens with one attached hydrogen (secondary N) is 1. The summed E-state index contributed by atoms with van der Waals surface area (Å²) in [6.07, 6.45) is 6.29. The molecule has 0 spiro atoms. The van der Waals surface area contributed by atoms with Crippen LogP contribution in [0, 0.1) is 18.3 Å². The molecule has 1 aliphatic carbocycles. The largest absolute Gasteiger partial charge is 0.462 e. The number of nitriles is 1. The lowest BCUT2D eigenvalue weighted by molar-refractivity contribution is -0.113. The van der Waals surface area contributed by atoms with Crippen molar-refractivity contribution in [1.82, 2.24) is 4.98 Å². The summed E-state index contributed by atoms with van der Waals surface area (Å²) in [6, 6.07) is 4.11. The van der Waals surface area contributed by atoms with Gasteiger partial charge in [0.25, 0.3) is 0 Å². The SMILES string of the molecule is CCOC(=O)c1sc(NC(=O)CSc2nc3c(cc2C#N)CCCCCC3)c(C(=O)OCC)c1C. The molecule has 0 fully saturated rings. The van der Waals surface area contributed by atoms with E-state index in [1.165, 1.54) is 24.6 Å². The number of carbonyl (C=O) groups is 3. The number of aryl methyl sites for hydroxylation is 2. The van der Waals surface area contributed by atoms with Gasteiger partial charge in [0, 0.05) is 5.69 Å². The summed E-state index contributed by atoms with van der Waals surface area (Å²) in [5.41, 5.74) is 3.14. The van der Waals surface area contributed by atoms with Gasteiger partial charge in [0.2, 0.25) is 5.91 Å². The van der Waals surface area contributed by atoms with Crippen LogP contribution in [0.5, 0.6) is 0 Å². The lowest BCUT2D eigenvalue weighted by atomic mass is 9.96. The fourth-order valence-electron chi connectivity index (χ4n) is 3.90. The Hall–Kier alpha value is -2.90. The first kappa shape index (κ1) is 26.7. The predicted octanol–water partition coefficient (Wildman–Crippen LogP) is 5.07. The summed E-state index contributed by atoms with van der Waals surface area (Å²) in [6.45, 7) is 5.36. The van der Waals surface area contributed by atoms with Crippen LogP contribution < -0.4 is 5.32 Å². The Kier molecular flexibility index (Phi) is 9.69. The number of hydrogen-bond acceptors (Lipinski definition) is 9. The molecule has 0 saturated heterocycles. The minimum Gasteiger partial charge on any atom is -0.462 e. The second-order valence-corrected chi connectivity index (χ2v) is 10.00. The molecule has 2 aromatic heterocycles. The molecule has 0 atom stereocenters. The molecule has 0 unspecified atom stereocenters. The van der Waals surface area contributed by atoms with Gasteiger partial charge in [0.1, 0.15) is 21.0 Å². The van der Waals surface area contributed by atoms with E-state index >= 15 is 0 Å². The number of nitrogens with zero attached hydrogens (tertiary/aromatic N) is 2. The topological polar surface area (TPSA) is 118 Å². The van der Waals surface area contributed by atoms with Gasteiger partial charge in [-0.3, -0.25) is 4.79 Å². The van der Waals surface area contributed by atoms with Crippen LogP contribution in [0.2, 0.25) is 0 Å². The maximum absolute atomic E-state index is 12.8. The molecule has 1 aliphatic rings. The first-order valence-corrected chi connectivity index (χ1v) is 13.5. The van der Waals surface area contributed by atoms with Crippen molar-refractivity contribution in [2.75, 3.05) is 24.3 Å². The third-order valence-electron chi connectivity index (χ3n) is 5.57. The maximum atomic E-state index is 12.8. The standard InChI is InChI=1S/C25H29N3O5S2/c1-4-32-24(30)20-15(3)21(25(31)33-5-2)35-23(20)28-19(29)14-34-22-17(13-26)12-16-10-8-6-7-9-11-18(16)27-22/h12H,4-11,14H2,1-3H3,(H,28,29). The minimum atomic E-state index is -0.616. The van der Waals surface area contributed by atoms with Crippen LogP contribution in [0.15, 0.2) is 11.1 Å². The summed E-state index contributed by atoms with van der Waals surface area (Å²) >= 11 is 2.17. The van der Waals surface area contributed by atoms with E-state index in [1.807, 2.05) is 6.07 Å². The third-order valence-corrected chi connectivity index (χ3v) is 7.74. The lowest BCUT2D eigenvalue weighted by Crippen LogP contribution is -2.17. The Morgan fingerprint density at radius 2 is 1.80 bits per heavy atom. The summed E-state index contributed by atoms with van der Waals surface area (Å²) in [5, 5.41) is 13.1. The Morgan fingerprint density at radius 3 is 2.49 bits per heavy atom. The first-order valence-electron chi connectivity index (χ1n) is 11.7. The van der Waals surface area contributed by atoms with E-state index in [-0.39, 0.29) is 40.3 Å². The summed E-state index contributed by atoms with van der Waals surface area (Å²) in [7, 11) is 0. The molecule has 35 heavy (non-hydrogen) atoms. The fraction of sp³-hybridized carbons (Fsp3) is 0.480. The lowest BCUT2D eigenvalue weighted by Gasteiger charge is -2.15. The Morgan fingerprint density at radius 1 is 1.11 bits per heavy atom. The predicted molar refractivity (Wildman–Crippen MR) is 135 cm³/mol. The molecule has 3 rings (SSSR count). The number of thioether (sulfide) groups is 1. The summed E-state index contributed by atoms with van der Waals surface area (Å²) < 4.78 is 10.2. The molecular formula is C25H29N3O5S2. The van der Waals surface area contributed by atoms with Crippen LogP contribution in [0.25, 0.3) is 0 Å². The van der Waals surface area contributed by atoms with Crippen LogP contribution >= 0.6 is 23.1 Å². The zero-order valence-electron chi connectivity index (χ0n) is 20.2. The zero-order valence-corrected chi connectivity index (χ0v) is 21.8. The van der Waals surface area contributed by atoms with Crippen LogP contribution in [-0.4, -0.2) is 41.8 Å². The highest BCUT2D eigenvalue weighted by Crippen LogP contribution is 2.35. The highest BCUT2D eigenvalue weighted by atomic mass is 32.2. The number of amides is 1. The number of rotatable bonds is 8. The minimum absolute atomic E-state index is 0.00554. The number of esters is 2. The number of fused-ring (bicyclic) bond motifs is 1. The average molecular weight is 516 g/mol. The van der Waals surface area contributed by atoms with Gasteiger partial charge in [0.15, 0.2) is 0 Å². The number of hydrogen-bond donors (Lipinski definition) is 1. The van der Waals surface area contributed by atoms with E-state index in [2.05, 4.69) is 11.4 Å². The van der Waals surface area contributed by atoms with Crippen LogP contribution in [0.3, 0.4) is 0 Å². The molecule has 186 valence electrons. The fourth-order valence-corrected chi connectivity index (χ4v) is 5.78. The number of carbonyl (C=O) groups excluding carboxylic acids is 3. The van der Waals surface area contributed by atoms with Crippen molar-refractivity contribution in [3.63, 3.8) is 0 Å². The van der Waals surface area contributed by atoms with Crippen molar-refractivity contribution in [1.29, 1.82) is 5.26 Å². The Bertz CT molecular complexity index is 1150. The molecule has 8 nitrogen and oxygen atoms in total. The van der Waals surface area contributed by atoms with Crippen molar-refractivity contribution in [2.24, 2.45) is 0 Å². The maximum Gasteiger partial charge on any atom is 0.348 e. The van der Waals surface area contributed by atoms with E-state index in [9.17, 15) is 19.6 Å². The van der Waals surface area contributed by atoms with Crippen molar-refractivity contribution in [3.8, 4) is 6.07 Å². The second kappa shape index (κ2) is 12.7. The van der Waals surface area contributed by atoms with Gasteiger partial charge in [-0.15, -0.1) is 11.3 Å². The van der Waals surface area contributed by atoms with Crippen LogP contribution in [-0.2, 0) is 27.1 Å². The molecule has 2 heterocycles. The zero-order chi connectivity index (χ0) is 25.4. The molecule has 0 aliphatic heterocycles. The van der Waals surface area contributed by atoms with Gasteiger partial charge in [-0.1, -0.05) is 24.6 Å².